The third kappa shape index (κ3) is 7.47. The first-order valence-electron chi connectivity index (χ1n) is 7.38. The molecule has 0 spiro atoms. The highest BCUT2D eigenvalue weighted by atomic mass is 14.9. The number of unbranched alkanes of at least 4 members (excludes halogenated alkanes) is 2. The first kappa shape index (κ1) is 16.1. The van der Waals surface area contributed by atoms with Crippen LogP contribution in [0.1, 0.15) is 26.2 Å². The predicted octanol–water partition coefficient (Wildman–Crippen LogP) is 5.02. The van der Waals surface area contributed by atoms with Gasteiger partial charge in [-0.15, -0.1) is 0 Å². The van der Waals surface area contributed by atoms with Crippen molar-refractivity contribution >= 4 is 11.4 Å². The number of rotatable bonds is 6. The molecule has 108 valence electrons. The van der Waals surface area contributed by atoms with Crippen LogP contribution in [0.25, 0.3) is 0 Å². The van der Waals surface area contributed by atoms with Crippen LogP contribution < -0.4 is 10.6 Å². The van der Waals surface area contributed by atoms with Gasteiger partial charge in [-0.1, -0.05) is 56.2 Å². The van der Waals surface area contributed by atoms with Gasteiger partial charge in [0.25, 0.3) is 0 Å². The van der Waals surface area contributed by atoms with Crippen LogP contribution in [-0.2, 0) is 0 Å². The third-order valence-electron chi connectivity index (χ3n) is 2.95. The quantitative estimate of drug-likeness (QED) is 0.720. The van der Waals surface area contributed by atoms with Crippen molar-refractivity contribution in [2.45, 2.75) is 26.2 Å². The van der Waals surface area contributed by atoms with Crippen molar-refractivity contribution in [1.82, 2.24) is 0 Å². The fourth-order valence-corrected chi connectivity index (χ4v) is 1.77. The molecule has 0 saturated carbocycles. The number of hydrogen-bond donors (Lipinski definition) is 2. The molecule has 2 nitrogen and oxygen atoms in total. The van der Waals surface area contributed by atoms with Crippen LogP contribution in [0, 0.1) is 0 Å². The summed E-state index contributed by atoms with van der Waals surface area (Å²) in [5.41, 5.74) is 2.39. The largest absolute Gasteiger partial charge is 0.388 e. The standard InChI is InChI=1S/C11H17N.C7H9N/c1-2-3-7-10-12-11-8-5-4-6-9-11;1-8-7-5-3-2-4-6-7/h4-6,8-9,12H,2-3,7,10H2,1H3;2-6,8H,1H3. The Kier molecular flexibility index (Phi) is 8.79. The van der Waals surface area contributed by atoms with E-state index >= 15 is 0 Å². The lowest BCUT2D eigenvalue weighted by atomic mass is 10.2. The molecule has 2 aromatic rings. The molecule has 2 rings (SSSR count). The van der Waals surface area contributed by atoms with Gasteiger partial charge in [0.05, 0.1) is 0 Å². The van der Waals surface area contributed by atoms with E-state index in [0.717, 1.165) is 12.2 Å². The van der Waals surface area contributed by atoms with Gasteiger partial charge in [-0.25, -0.2) is 0 Å². The average molecular weight is 270 g/mol. The van der Waals surface area contributed by atoms with Crippen molar-refractivity contribution in [1.29, 1.82) is 0 Å². The lowest BCUT2D eigenvalue weighted by Gasteiger charge is -2.04. The molecule has 0 aliphatic carbocycles. The zero-order chi connectivity index (χ0) is 14.5. The third-order valence-corrected chi connectivity index (χ3v) is 2.95. The second-order valence-electron chi connectivity index (χ2n) is 4.62. The molecule has 0 atom stereocenters. The lowest BCUT2D eigenvalue weighted by molar-refractivity contribution is 0.744. The second kappa shape index (κ2) is 10.9. The molecule has 0 aromatic heterocycles. The molecule has 2 aromatic carbocycles. The molecular weight excluding hydrogens is 244 g/mol. The van der Waals surface area contributed by atoms with Crippen LogP contribution in [-0.4, -0.2) is 13.6 Å². The van der Waals surface area contributed by atoms with Crippen LogP contribution in [0.2, 0.25) is 0 Å². The number of benzene rings is 2. The van der Waals surface area contributed by atoms with Gasteiger partial charge in [0.2, 0.25) is 0 Å². The Morgan fingerprint density at radius 3 is 1.75 bits per heavy atom. The minimum absolute atomic E-state index is 1.10. The van der Waals surface area contributed by atoms with Crippen molar-refractivity contribution in [2.24, 2.45) is 0 Å². The van der Waals surface area contributed by atoms with E-state index in [0.29, 0.717) is 0 Å². The minimum atomic E-state index is 1.10. The van der Waals surface area contributed by atoms with E-state index in [9.17, 15) is 0 Å². The molecule has 2 heteroatoms. The Balaban J connectivity index is 0.000000217. The summed E-state index contributed by atoms with van der Waals surface area (Å²) in [5, 5.41) is 6.41. The summed E-state index contributed by atoms with van der Waals surface area (Å²) in [6, 6.07) is 20.4. The van der Waals surface area contributed by atoms with Crippen LogP contribution in [0.5, 0.6) is 0 Å². The van der Waals surface area contributed by atoms with Crippen LogP contribution in [0.15, 0.2) is 60.7 Å². The Bertz CT molecular complexity index is 426. The smallest absolute Gasteiger partial charge is 0.0340 e. The normalized spacial score (nSPS) is 9.30. The molecule has 0 bridgehead atoms. The van der Waals surface area contributed by atoms with E-state index in [2.05, 4.69) is 41.8 Å². The van der Waals surface area contributed by atoms with E-state index in [1.807, 2.05) is 43.4 Å². The molecule has 0 unspecified atom stereocenters. The summed E-state index contributed by atoms with van der Waals surface area (Å²) in [6.07, 6.45) is 3.88. The summed E-state index contributed by atoms with van der Waals surface area (Å²) >= 11 is 0. The van der Waals surface area contributed by atoms with Crippen molar-refractivity contribution in [3.05, 3.63) is 60.7 Å². The summed E-state index contributed by atoms with van der Waals surface area (Å²) < 4.78 is 0. The molecule has 2 N–H and O–H groups in total. The van der Waals surface area contributed by atoms with Gasteiger partial charge < -0.3 is 10.6 Å². The first-order chi connectivity index (χ1) is 9.86. The Morgan fingerprint density at radius 2 is 1.30 bits per heavy atom. The van der Waals surface area contributed by atoms with E-state index in [1.165, 1.54) is 24.9 Å². The summed E-state index contributed by atoms with van der Waals surface area (Å²) in [7, 11) is 1.91. The highest BCUT2D eigenvalue weighted by molar-refractivity contribution is 5.42. The van der Waals surface area contributed by atoms with Crippen molar-refractivity contribution in [3.63, 3.8) is 0 Å². The van der Waals surface area contributed by atoms with Crippen LogP contribution >= 0.6 is 0 Å². The SMILES string of the molecule is CCCCCNc1ccccc1.CNc1ccccc1. The summed E-state index contributed by atoms with van der Waals surface area (Å²) in [5.74, 6) is 0. The number of anilines is 2. The molecule has 20 heavy (non-hydrogen) atoms. The average Bonchev–Trinajstić information content (AvgIpc) is 2.54. The van der Waals surface area contributed by atoms with Crippen molar-refractivity contribution in [3.8, 4) is 0 Å². The van der Waals surface area contributed by atoms with Gasteiger partial charge in [0.1, 0.15) is 0 Å². The lowest BCUT2D eigenvalue weighted by Crippen LogP contribution is -2.00. The van der Waals surface area contributed by atoms with Gasteiger partial charge in [0.15, 0.2) is 0 Å². The predicted molar refractivity (Wildman–Crippen MR) is 90.4 cm³/mol. The Labute approximate surface area is 123 Å². The topological polar surface area (TPSA) is 24.1 Å². The molecular formula is C18H26N2. The summed E-state index contributed by atoms with van der Waals surface area (Å²) in [6.45, 7) is 3.32. The van der Waals surface area contributed by atoms with E-state index in [-0.39, 0.29) is 0 Å². The summed E-state index contributed by atoms with van der Waals surface area (Å²) in [4.78, 5) is 0. The molecule has 0 heterocycles. The number of hydrogen-bond acceptors (Lipinski definition) is 2. The maximum absolute atomic E-state index is 3.38. The number of nitrogens with one attached hydrogen (secondary N) is 2. The van der Waals surface area contributed by atoms with Crippen molar-refractivity contribution < 1.29 is 0 Å². The zero-order valence-corrected chi connectivity index (χ0v) is 12.6. The maximum Gasteiger partial charge on any atom is 0.0340 e. The number of para-hydroxylation sites is 2. The first-order valence-corrected chi connectivity index (χ1v) is 7.38. The molecule has 0 aliphatic heterocycles. The van der Waals surface area contributed by atoms with Gasteiger partial charge in [0, 0.05) is 25.0 Å². The highest BCUT2D eigenvalue weighted by Crippen LogP contribution is 2.05. The molecule has 0 aliphatic rings. The fourth-order valence-electron chi connectivity index (χ4n) is 1.77. The molecule has 0 fully saturated rings. The van der Waals surface area contributed by atoms with E-state index in [1.54, 1.807) is 0 Å². The van der Waals surface area contributed by atoms with Gasteiger partial charge >= 0.3 is 0 Å². The Morgan fingerprint density at radius 1 is 0.750 bits per heavy atom. The zero-order valence-electron chi connectivity index (χ0n) is 12.6. The highest BCUT2D eigenvalue weighted by Gasteiger charge is 1.88. The Hall–Kier alpha value is -1.96. The van der Waals surface area contributed by atoms with Gasteiger partial charge in [-0.05, 0) is 30.7 Å². The maximum atomic E-state index is 3.38. The van der Waals surface area contributed by atoms with Gasteiger partial charge in [-0.2, -0.15) is 0 Å². The van der Waals surface area contributed by atoms with Crippen LogP contribution in [0.3, 0.4) is 0 Å². The fraction of sp³-hybridized carbons (Fsp3) is 0.333. The monoisotopic (exact) mass is 270 g/mol. The van der Waals surface area contributed by atoms with Crippen LogP contribution in [0.4, 0.5) is 11.4 Å². The van der Waals surface area contributed by atoms with E-state index < -0.39 is 0 Å². The molecule has 0 saturated heterocycles. The second-order valence-corrected chi connectivity index (χ2v) is 4.62. The van der Waals surface area contributed by atoms with Crippen molar-refractivity contribution in [2.75, 3.05) is 24.2 Å². The molecule has 0 amide bonds. The van der Waals surface area contributed by atoms with E-state index in [4.69, 9.17) is 0 Å². The minimum Gasteiger partial charge on any atom is -0.388 e. The molecule has 0 radical (unpaired) electrons. The van der Waals surface area contributed by atoms with Gasteiger partial charge in [-0.3, -0.25) is 0 Å².